The Bertz CT molecular complexity index is 1060. The van der Waals surface area contributed by atoms with Crippen molar-refractivity contribution in [1.82, 2.24) is 4.90 Å². The maximum atomic E-state index is 13.7. The minimum absolute atomic E-state index is 0.0371. The number of hydrogen-bond acceptors (Lipinski definition) is 6. The first kappa shape index (κ1) is 21.7. The van der Waals surface area contributed by atoms with Crippen molar-refractivity contribution in [2.45, 2.75) is 0 Å². The lowest BCUT2D eigenvalue weighted by atomic mass is 10.2. The highest BCUT2D eigenvalue weighted by molar-refractivity contribution is 8.18. The summed E-state index contributed by atoms with van der Waals surface area (Å²) in [5, 5.41) is 2.00. The quantitative estimate of drug-likeness (QED) is 0.665. The number of halogens is 2. The zero-order valence-corrected chi connectivity index (χ0v) is 17.5. The summed E-state index contributed by atoms with van der Waals surface area (Å²) in [6.45, 7) is -0.539. The Balaban J connectivity index is 1.77. The third-order valence-electron chi connectivity index (χ3n) is 4.08. The number of amides is 3. The molecule has 1 N–H and O–H groups in total. The summed E-state index contributed by atoms with van der Waals surface area (Å²) in [5.74, 6) is -1.25. The molecular formula is C20H16ClFN2O5S. The smallest absolute Gasteiger partial charge is 0.294 e. The zero-order valence-electron chi connectivity index (χ0n) is 15.9. The molecule has 2 aromatic rings. The average molecular weight is 451 g/mol. The zero-order chi connectivity index (χ0) is 21.8. The Morgan fingerprint density at radius 3 is 2.63 bits per heavy atom. The molecule has 7 nitrogen and oxygen atoms in total. The van der Waals surface area contributed by atoms with E-state index in [2.05, 4.69) is 5.32 Å². The topological polar surface area (TPSA) is 84.9 Å². The van der Waals surface area contributed by atoms with Crippen molar-refractivity contribution >= 4 is 52.2 Å². The Kier molecular flexibility index (Phi) is 6.63. The van der Waals surface area contributed by atoms with Crippen molar-refractivity contribution in [3.63, 3.8) is 0 Å². The lowest BCUT2D eigenvalue weighted by molar-refractivity contribution is -0.127. The second kappa shape index (κ2) is 9.19. The lowest BCUT2D eigenvalue weighted by Crippen LogP contribution is -2.36. The molecule has 0 aliphatic carbocycles. The summed E-state index contributed by atoms with van der Waals surface area (Å²) in [4.78, 5) is 37.9. The van der Waals surface area contributed by atoms with Gasteiger partial charge < -0.3 is 14.8 Å². The Morgan fingerprint density at radius 1 is 1.23 bits per heavy atom. The van der Waals surface area contributed by atoms with Crippen molar-refractivity contribution < 1.29 is 28.2 Å². The molecule has 30 heavy (non-hydrogen) atoms. The summed E-state index contributed by atoms with van der Waals surface area (Å²) in [5.41, 5.74) is 0.476. The largest absolute Gasteiger partial charge is 0.493 e. The van der Waals surface area contributed by atoms with E-state index in [1.165, 1.54) is 38.5 Å². The normalized spacial score (nSPS) is 14.9. The van der Waals surface area contributed by atoms with E-state index in [0.717, 1.165) is 4.90 Å². The molecule has 0 spiro atoms. The van der Waals surface area contributed by atoms with E-state index in [1.807, 2.05) is 0 Å². The molecule has 2 aromatic carbocycles. The summed E-state index contributed by atoms with van der Waals surface area (Å²) in [7, 11) is 2.89. The van der Waals surface area contributed by atoms with E-state index >= 15 is 0 Å². The highest BCUT2D eigenvalue weighted by Gasteiger charge is 2.36. The minimum atomic E-state index is -0.696. The van der Waals surface area contributed by atoms with Crippen LogP contribution in [0, 0.1) is 5.82 Å². The van der Waals surface area contributed by atoms with Crippen LogP contribution in [0.2, 0.25) is 5.02 Å². The molecule has 0 aromatic heterocycles. The number of carbonyl (C=O) groups is 3. The van der Waals surface area contributed by atoms with E-state index < -0.39 is 29.4 Å². The van der Waals surface area contributed by atoms with Gasteiger partial charge in [-0.15, -0.1) is 0 Å². The number of nitrogens with zero attached hydrogens (tertiary/aromatic N) is 1. The van der Waals surface area contributed by atoms with E-state index in [1.54, 1.807) is 18.2 Å². The van der Waals surface area contributed by atoms with Crippen LogP contribution in [-0.2, 0) is 9.59 Å². The van der Waals surface area contributed by atoms with Gasteiger partial charge in [-0.2, -0.15) is 0 Å². The molecule has 1 saturated heterocycles. The number of thioether (sulfide) groups is 1. The molecule has 0 atom stereocenters. The molecule has 0 bridgehead atoms. The fraction of sp³-hybridized carbons (Fsp3) is 0.150. The van der Waals surface area contributed by atoms with Gasteiger partial charge in [0.25, 0.3) is 11.1 Å². The number of imide groups is 1. The number of rotatable bonds is 6. The second-order valence-electron chi connectivity index (χ2n) is 6.03. The highest BCUT2D eigenvalue weighted by Crippen LogP contribution is 2.38. The maximum absolute atomic E-state index is 13.7. The van der Waals surface area contributed by atoms with Crippen LogP contribution >= 0.6 is 23.4 Å². The standard InChI is InChI=1S/C20H16ClFN2O5S/c1-28-15-8-11(7-12(21)18(15)29-2)9-16-19(26)24(20(27)30-16)10-17(25)23-14-6-4-3-5-13(14)22/h3-9H,10H2,1-2H3,(H,23,25)/b16-9-. The van der Waals surface area contributed by atoms with Gasteiger partial charge in [0.1, 0.15) is 12.4 Å². The van der Waals surface area contributed by atoms with E-state index in [0.29, 0.717) is 28.8 Å². The Hall–Kier alpha value is -3.04. The van der Waals surface area contributed by atoms with Gasteiger partial charge >= 0.3 is 0 Å². The monoisotopic (exact) mass is 450 g/mol. The van der Waals surface area contributed by atoms with Crippen molar-refractivity contribution in [3.8, 4) is 11.5 Å². The molecule has 3 amide bonds. The predicted octanol–water partition coefficient (Wildman–Crippen LogP) is 4.17. The predicted molar refractivity (Wildman–Crippen MR) is 112 cm³/mol. The summed E-state index contributed by atoms with van der Waals surface area (Å²) >= 11 is 6.85. The number of hydrogen-bond donors (Lipinski definition) is 1. The molecule has 1 fully saturated rings. The molecule has 1 aliphatic rings. The van der Waals surface area contributed by atoms with Crippen LogP contribution in [0.15, 0.2) is 41.3 Å². The number of carbonyl (C=O) groups excluding carboxylic acids is 3. The molecule has 10 heteroatoms. The number of methoxy groups -OCH3 is 2. The van der Waals surface area contributed by atoms with Crippen LogP contribution in [0.1, 0.15) is 5.56 Å². The fourth-order valence-electron chi connectivity index (χ4n) is 2.70. The van der Waals surface area contributed by atoms with Gasteiger partial charge in [0, 0.05) is 0 Å². The van der Waals surface area contributed by atoms with Crippen LogP contribution in [-0.4, -0.2) is 42.7 Å². The molecule has 1 aliphatic heterocycles. The first-order valence-corrected chi connectivity index (χ1v) is 9.74. The molecule has 0 unspecified atom stereocenters. The van der Waals surface area contributed by atoms with Gasteiger partial charge in [-0.25, -0.2) is 4.39 Å². The van der Waals surface area contributed by atoms with Gasteiger partial charge in [0.2, 0.25) is 5.91 Å². The molecule has 0 radical (unpaired) electrons. The van der Waals surface area contributed by atoms with Crippen molar-refractivity contribution in [2.75, 3.05) is 26.1 Å². The lowest BCUT2D eigenvalue weighted by Gasteiger charge is -2.13. The van der Waals surface area contributed by atoms with Crippen molar-refractivity contribution in [2.24, 2.45) is 0 Å². The Labute approximate surface area is 180 Å². The van der Waals surface area contributed by atoms with Gasteiger partial charge in [-0.1, -0.05) is 23.7 Å². The van der Waals surface area contributed by atoms with Crippen LogP contribution in [0.5, 0.6) is 11.5 Å². The van der Waals surface area contributed by atoms with Gasteiger partial charge in [0.05, 0.1) is 29.8 Å². The Morgan fingerprint density at radius 2 is 1.97 bits per heavy atom. The maximum Gasteiger partial charge on any atom is 0.294 e. The van der Waals surface area contributed by atoms with Crippen LogP contribution < -0.4 is 14.8 Å². The molecule has 1 heterocycles. The van der Waals surface area contributed by atoms with Gasteiger partial charge in [-0.05, 0) is 47.7 Å². The second-order valence-corrected chi connectivity index (χ2v) is 7.43. The minimum Gasteiger partial charge on any atom is -0.493 e. The molecular weight excluding hydrogens is 435 g/mol. The third-order valence-corrected chi connectivity index (χ3v) is 5.27. The van der Waals surface area contributed by atoms with Crippen LogP contribution in [0.25, 0.3) is 6.08 Å². The first-order valence-electron chi connectivity index (χ1n) is 8.55. The van der Waals surface area contributed by atoms with Crippen LogP contribution in [0.4, 0.5) is 14.9 Å². The third kappa shape index (κ3) is 4.58. The fourth-order valence-corrected chi connectivity index (χ4v) is 3.84. The number of nitrogens with one attached hydrogen (secondary N) is 1. The van der Waals surface area contributed by atoms with E-state index in [4.69, 9.17) is 21.1 Å². The summed E-state index contributed by atoms with van der Waals surface area (Å²) < 4.78 is 24.0. The number of benzene rings is 2. The van der Waals surface area contributed by atoms with Crippen molar-refractivity contribution in [3.05, 3.63) is 57.7 Å². The molecule has 0 saturated carbocycles. The number of ether oxygens (including phenoxy) is 2. The molecule has 156 valence electrons. The highest BCUT2D eigenvalue weighted by atomic mass is 35.5. The number of para-hydroxylation sites is 1. The number of anilines is 1. The summed E-state index contributed by atoms with van der Waals surface area (Å²) in [6.07, 6.45) is 1.47. The van der Waals surface area contributed by atoms with Gasteiger partial charge in [0.15, 0.2) is 11.5 Å². The summed E-state index contributed by atoms with van der Waals surface area (Å²) in [6, 6.07) is 8.75. The van der Waals surface area contributed by atoms with Crippen molar-refractivity contribution in [1.29, 1.82) is 0 Å². The molecule has 3 rings (SSSR count). The van der Waals surface area contributed by atoms with E-state index in [-0.39, 0.29) is 15.6 Å². The van der Waals surface area contributed by atoms with E-state index in [9.17, 15) is 18.8 Å². The first-order chi connectivity index (χ1) is 14.3. The van der Waals surface area contributed by atoms with Crippen LogP contribution in [0.3, 0.4) is 0 Å². The van der Waals surface area contributed by atoms with Gasteiger partial charge in [-0.3, -0.25) is 19.3 Å². The SMILES string of the molecule is COc1cc(/C=C2\SC(=O)N(CC(=O)Nc3ccccc3F)C2=O)cc(Cl)c1OC. The average Bonchev–Trinajstić information content (AvgIpc) is 2.96.